The summed E-state index contributed by atoms with van der Waals surface area (Å²) in [4.78, 5) is 25.2. The topological polar surface area (TPSA) is 72.6 Å². The Morgan fingerprint density at radius 3 is 2.70 bits per heavy atom. The van der Waals surface area contributed by atoms with Crippen LogP contribution in [0.1, 0.15) is 24.5 Å². The molecule has 0 spiro atoms. The fourth-order valence-corrected chi connectivity index (χ4v) is 2.40. The van der Waals surface area contributed by atoms with Crippen molar-refractivity contribution >= 4 is 29.0 Å². The molecule has 0 saturated carbocycles. The molecule has 2 amide bonds. The van der Waals surface area contributed by atoms with Crippen LogP contribution in [-0.2, 0) is 16.1 Å². The predicted octanol–water partition coefficient (Wildman–Crippen LogP) is 1.22. The highest BCUT2D eigenvalue weighted by Crippen LogP contribution is 2.24. The summed E-state index contributed by atoms with van der Waals surface area (Å²) in [7, 11) is 1.53. The minimum Gasteiger partial charge on any atom is -0.496 e. The highest BCUT2D eigenvalue weighted by atomic mass is 32.1. The number of carbonyl (C=O) groups excluding carboxylic acids is 2. The zero-order chi connectivity index (χ0) is 14.9. The van der Waals surface area contributed by atoms with Crippen LogP contribution in [0.3, 0.4) is 0 Å². The van der Waals surface area contributed by atoms with Gasteiger partial charge in [0.2, 0.25) is 11.8 Å². The van der Waals surface area contributed by atoms with Crippen molar-refractivity contribution in [2.24, 2.45) is 11.7 Å². The van der Waals surface area contributed by atoms with Crippen LogP contribution in [0.25, 0.3) is 0 Å². The Hall–Kier alpha value is -1.95. The zero-order valence-electron chi connectivity index (χ0n) is 11.4. The van der Waals surface area contributed by atoms with Crippen LogP contribution in [0.4, 0.5) is 0 Å². The van der Waals surface area contributed by atoms with Gasteiger partial charge in [0.1, 0.15) is 10.7 Å². The van der Waals surface area contributed by atoms with Crippen molar-refractivity contribution in [2.45, 2.75) is 19.9 Å². The lowest BCUT2D eigenvalue weighted by Crippen LogP contribution is -2.29. The van der Waals surface area contributed by atoms with Crippen LogP contribution in [0.15, 0.2) is 18.2 Å². The number of carbonyl (C=O) groups is 2. The third-order valence-electron chi connectivity index (χ3n) is 3.34. The smallest absolute Gasteiger partial charge is 0.232 e. The molecule has 0 aliphatic carbocycles. The molecule has 20 heavy (non-hydrogen) atoms. The molecule has 2 rings (SSSR count). The molecule has 0 radical (unpaired) electrons. The van der Waals surface area contributed by atoms with Gasteiger partial charge in [-0.05, 0) is 17.7 Å². The number of methoxy groups -OCH3 is 1. The van der Waals surface area contributed by atoms with Gasteiger partial charge >= 0.3 is 0 Å². The van der Waals surface area contributed by atoms with Crippen LogP contribution in [0.5, 0.6) is 5.75 Å². The van der Waals surface area contributed by atoms with Crippen molar-refractivity contribution in [1.29, 1.82) is 0 Å². The Kier molecular flexibility index (Phi) is 4.04. The fourth-order valence-electron chi connectivity index (χ4n) is 2.24. The Bertz CT molecular complexity index is 586. The molecular weight excluding hydrogens is 276 g/mol. The minimum absolute atomic E-state index is 0.136. The molecule has 1 saturated heterocycles. The van der Waals surface area contributed by atoms with Gasteiger partial charge in [0, 0.05) is 12.3 Å². The van der Waals surface area contributed by atoms with Gasteiger partial charge in [-0.2, -0.15) is 0 Å². The highest BCUT2D eigenvalue weighted by Gasteiger charge is 2.35. The van der Waals surface area contributed by atoms with E-state index in [9.17, 15) is 9.59 Å². The Morgan fingerprint density at radius 2 is 2.20 bits per heavy atom. The van der Waals surface area contributed by atoms with E-state index in [2.05, 4.69) is 0 Å². The van der Waals surface area contributed by atoms with Crippen molar-refractivity contribution in [3.05, 3.63) is 29.3 Å². The predicted molar refractivity (Wildman–Crippen MR) is 78.2 cm³/mol. The molecule has 1 atom stereocenters. The number of likely N-dealkylation sites (tertiary alicyclic amines) is 1. The molecule has 0 bridgehead atoms. The maximum atomic E-state index is 11.9. The number of hydrogen-bond donors (Lipinski definition) is 1. The molecule has 1 heterocycles. The number of benzene rings is 1. The van der Waals surface area contributed by atoms with E-state index >= 15 is 0 Å². The van der Waals surface area contributed by atoms with Gasteiger partial charge in [-0.1, -0.05) is 25.2 Å². The number of nitrogens with zero attached hydrogens (tertiary/aromatic N) is 1. The average Bonchev–Trinajstić information content (AvgIpc) is 2.65. The molecule has 6 heteroatoms. The summed E-state index contributed by atoms with van der Waals surface area (Å²) in [6.07, 6.45) is 0.275. The standard InChI is InChI=1S/C14H16N2O3S/c1-8-5-12(17)16(14(8)18)7-9-3-4-11(19-2)10(6-9)13(15)20/h3-4,6,8H,5,7H2,1-2H3,(H2,15,20). The van der Waals surface area contributed by atoms with E-state index in [0.29, 0.717) is 11.3 Å². The van der Waals surface area contributed by atoms with Gasteiger partial charge in [-0.25, -0.2) is 0 Å². The van der Waals surface area contributed by atoms with Crippen molar-refractivity contribution in [2.75, 3.05) is 7.11 Å². The number of thiocarbonyl (C=S) groups is 1. The van der Waals surface area contributed by atoms with Crippen LogP contribution < -0.4 is 10.5 Å². The van der Waals surface area contributed by atoms with Gasteiger partial charge in [0.15, 0.2) is 0 Å². The molecule has 1 aliphatic rings. The van der Waals surface area contributed by atoms with Gasteiger partial charge in [-0.3, -0.25) is 14.5 Å². The molecule has 5 nitrogen and oxygen atoms in total. The number of amides is 2. The van der Waals surface area contributed by atoms with E-state index in [-0.39, 0.29) is 35.7 Å². The summed E-state index contributed by atoms with van der Waals surface area (Å²) in [5.41, 5.74) is 7.05. The molecule has 106 valence electrons. The molecule has 1 aromatic rings. The maximum absolute atomic E-state index is 11.9. The van der Waals surface area contributed by atoms with Gasteiger partial charge in [-0.15, -0.1) is 0 Å². The molecule has 1 unspecified atom stereocenters. The summed E-state index contributed by atoms with van der Waals surface area (Å²) in [6.45, 7) is 2.00. The van der Waals surface area contributed by atoms with Crippen LogP contribution in [0.2, 0.25) is 0 Å². The van der Waals surface area contributed by atoms with Crippen molar-refractivity contribution < 1.29 is 14.3 Å². The summed E-state index contributed by atoms with van der Waals surface area (Å²) >= 11 is 4.97. The van der Waals surface area contributed by atoms with Crippen molar-refractivity contribution in [1.82, 2.24) is 4.90 Å². The number of imide groups is 1. The minimum atomic E-state index is -0.240. The first-order valence-electron chi connectivity index (χ1n) is 6.25. The monoisotopic (exact) mass is 292 g/mol. The summed E-state index contributed by atoms with van der Waals surface area (Å²) in [6, 6.07) is 5.28. The fraction of sp³-hybridized carbons (Fsp3) is 0.357. The second kappa shape index (κ2) is 5.58. The Balaban J connectivity index is 2.26. The van der Waals surface area contributed by atoms with Crippen LogP contribution >= 0.6 is 12.2 Å². The molecular formula is C14H16N2O3S. The van der Waals surface area contributed by atoms with E-state index in [0.717, 1.165) is 5.56 Å². The number of ether oxygens (including phenoxy) is 1. The lowest BCUT2D eigenvalue weighted by atomic mass is 10.1. The lowest BCUT2D eigenvalue weighted by Gasteiger charge is -2.16. The van der Waals surface area contributed by atoms with E-state index in [1.165, 1.54) is 12.0 Å². The quantitative estimate of drug-likeness (QED) is 0.667. The second-order valence-corrected chi connectivity index (χ2v) is 5.26. The molecule has 1 fully saturated rings. The first-order valence-corrected chi connectivity index (χ1v) is 6.65. The molecule has 2 N–H and O–H groups in total. The molecule has 1 aromatic carbocycles. The van der Waals surface area contributed by atoms with E-state index in [1.807, 2.05) is 0 Å². The lowest BCUT2D eigenvalue weighted by molar-refractivity contribution is -0.139. The normalized spacial score (nSPS) is 18.5. The second-order valence-electron chi connectivity index (χ2n) is 4.82. The first kappa shape index (κ1) is 14.5. The van der Waals surface area contributed by atoms with E-state index in [4.69, 9.17) is 22.7 Å². The SMILES string of the molecule is COc1ccc(CN2C(=O)CC(C)C2=O)cc1C(N)=S. The maximum Gasteiger partial charge on any atom is 0.232 e. The van der Waals surface area contributed by atoms with Crippen LogP contribution in [0, 0.1) is 5.92 Å². The van der Waals surface area contributed by atoms with Gasteiger partial charge < -0.3 is 10.5 Å². The van der Waals surface area contributed by atoms with E-state index in [1.54, 1.807) is 25.1 Å². The molecule has 1 aliphatic heterocycles. The number of nitrogens with two attached hydrogens (primary N) is 1. The largest absolute Gasteiger partial charge is 0.496 e. The first-order chi connectivity index (χ1) is 9.43. The zero-order valence-corrected chi connectivity index (χ0v) is 12.2. The third kappa shape index (κ3) is 2.65. The third-order valence-corrected chi connectivity index (χ3v) is 3.56. The number of hydrogen-bond acceptors (Lipinski definition) is 4. The summed E-state index contributed by atoms with van der Waals surface area (Å²) in [5.74, 6) is 0.0578. The number of rotatable bonds is 4. The Labute approximate surface area is 122 Å². The summed E-state index contributed by atoms with van der Waals surface area (Å²) < 4.78 is 5.18. The average molecular weight is 292 g/mol. The van der Waals surface area contributed by atoms with Gasteiger partial charge in [0.25, 0.3) is 0 Å². The van der Waals surface area contributed by atoms with Crippen molar-refractivity contribution in [3.8, 4) is 5.75 Å². The van der Waals surface area contributed by atoms with E-state index < -0.39 is 0 Å². The van der Waals surface area contributed by atoms with Gasteiger partial charge in [0.05, 0.1) is 19.2 Å². The van der Waals surface area contributed by atoms with Crippen LogP contribution in [-0.4, -0.2) is 28.8 Å². The molecule has 0 aromatic heterocycles. The van der Waals surface area contributed by atoms with Crippen molar-refractivity contribution in [3.63, 3.8) is 0 Å². The Morgan fingerprint density at radius 1 is 1.50 bits per heavy atom. The highest BCUT2D eigenvalue weighted by molar-refractivity contribution is 7.80. The summed E-state index contributed by atoms with van der Waals surface area (Å²) in [5, 5.41) is 0.